The molecule has 0 saturated heterocycles. The number of rotatable bonds is 3. The van der Waals surface area contributed by atoms with Crippen LogP contribution >= 0.6 is 0 Å². The molecule has 2 aromatic rings. The average molecular weight is 301 g/mol. The Morgan fingerprint density at radius 1 is 1.23 bits per heavy atom. The van der Waals surface area contributed by atoms with Gasteiger partial charge in [-0.2, -0.15) is 0 Å². The van der Waals surface area contributed by atoms with Crippen molar-refractivity contribution in [2.45, 2.75) is 32.9 Å². The standard InChI is InChI=1S/C17H19NO4/c1-17(2,3)22-16(21)12-8-10-6-4-5-7-11(10)14(15(19)20)13(12)9-18/h4-8H,9,18H2,1-3H3,(H,19,20). The highest BCUT2D eigenvalue weighted by Gasteiger charge is 2.25. The number of hydrogen-bond acceptors (Lipinski definition) is 4. The van der Waals surface area contributed by atoms with Crippen molar-refractivity contribution in [1.29, 1.82) is 0 Å². The van der Waals surface area contributed by atoms with Gasteiger partial charge >= 0.3 is 11.9 Å². The normalized spacial score (nSPS) is 11.5. The monoisotopic (exact) mass is 301 g/mol. The first-order chi connectivity index (χ1) is 10.2. The third-order valence-electron chi connectivity index (χ3n) is 3.19. The molecular weight excluding hydrogens is 282 g/mol. The lowest BCUT2D eigenvalue weighted by molar-refractivity contribution is 0.00685. The fourth-order valence-corrected chi connectivity index (χ4v) is 2.36. The fraction of sp³-hybridized carbons (Fsp3) is 0.294. The summed E-state index contributed by atoms with van der Waals surface area (Å²) in [7, 11) is 0. The Morgan fingerprint density at radius 2 is 1.86 bits per heavy atom. The smallest absolute Gasteiger partial charge is 0.339 e. The predicted molar refractivity (Wildman–Crippen MR) is 84.0 cm³/mol. The van der Waals surface area contributed by atoms with Crippen molar-refractivity contribution >= 4 is 22.7 Å². The largest absolute Gasteiger partial charge is 0.478 e. The molecule has 2 aromatic carbocycles. The lowest BCUT2D eigenvalue weighted by Crippen LogP contribution is -2.25. The van der Waals surface area contributed by atoms with E-state index in [0.717, 1.165) is 0 Å². The van der Waals surface area contributed by atoms with Gasteiger partial charge in [-0.15, -0.1) is 0 Å². The third-order valence-corrected chi connectivity index (χ3v) is 3.19. The highest BCUT2D eigenvalue weighted by Crippen LogP contribution is 2.27. The van der Waals surface area contributed by atoms with Crippen LogP contribution in [0.3, 0.4) is 0 Å². The van der Waals surface area contributed by atoms with Crippen molar-refractivity contribution < 1.29 is 19.4 Å². The van der Waals surface area contributed by atoms with Gasteiger partial charge in [0.25, 0.3) is 0 Å². The van der Waals surface area contributed by atoms with Gasteiger partial charge in [0.05, 0.1) is 11.1 Å². The van der Waals surface area contributed by atoms with E-state index in [1.165, 1.54) is 0 Å². The van der Waals surface area contributed by atoms with Crippen LogP contribution in [0.5, 0.6) is 0 Å². The molecule has 0 unspecified atom stereocenters. The Bertz CT molecular complexity index is 744. The molecule has 22 heavy (non-hydrogen) atoms. The molecule has 5 nitrogen and oxygen atoms in total. The van der Waals surface area contributed by atoms with E-state index in [1.54, 1.807) is 51.1 Å². The lowest BCUT2D eigenvalue weighted by Gasteiger charge is -2.21. The van der Waals surface area contributed by atoms with Crippen molar-refractivity contribution in [3.63, 3.8) is 0 Å². The molecule has 0 atom stereocenters. The summed E-state index contributed by atoms with van der Waals surface area (Å²) in [6.07, 6.45) is 0. The number of aromatic carboxylic acids is 1. The average Bonchev–Trinajstić information content (AvgIpc) is 2.42. The Hall–Kier alpha value is -2.40. The van der Waals surface area contributed by atoms with Gasteiger partial charge in [0.2, 0.25) is 0 Å². The second-order valence-corrected chi connectivity index (χ2v) is 6.01. The fourth-order valence-electron chi connectivity index (χ4n) is 2.36. The molecule has 0 aromatic heterocycles. The molecule has 0 fully saturated rings. The van der Waals surface area contributed by atoms with Crippen molar-refractivity contribution in [3.8, 4) is 0 Å². The SMILES string of the molecule is CC(C)(C)OC(=O)c1cc2ccccc2c(C(=O)O)c1CN. The molecule has 5 heteroatoms. The third kappa shape index (κ3) is 3.09. The van der Waals surface area contributed by atoms with Crippen LogP contribution < -0.4 is 5.73 Å². The predicted octanol–water partition coefficient (Wildman–Crippen LogP) is 2.95. The first-order valence-corrected chi connectivity index (χ1v) is 6.96. The summed E-state index contributed by atoms with van der Waals surface area (Å²) in [5.74, 6) is -1.68. The maximum atomic E-state index is 12.4. The van der Waals surface area contributed by atoms with Crippen LogP contribution in [0, 0.1) is 0 Å². The summed E-state index contributed by atoms with van der Waals surface area (Å²) in [4.78, 5) is 24.0. The maximum Gasteiger partial charge on any atom is 0.339 e. The summed E-state index contributed by atoms with van der Waals surface area (Å²) >= 11 is 0. The van der Waals surface area contributed by atoms with Crippen molar-refractivity contribution in [2.24, 2.45) is 5.73 Å². The van der Waals surface area contributed by atoms with Gasteiger partial charge in [0, 0.05) is 6.54 Å². The van der Waals surface area contributed by atoms with Gasteiger partial charge in [-0.05, 0) is 43.2 Å². The number of carboxylic acid groups (broad SMARTS) is 1. The van der Waals surface area contributed by atoms with Crippen molar-refractivity contribution in [1.82, 2.24) is 0 Å². The van der Waals surface area contributed by atoms with E-state index in [-0.39, 0.29) is 17.7 Å². The molecule has 0 amide bonds. The number of carbonyl (C=O) groups excluding carboxylic acids is 1. The summed E-state index contributed by atoms with van der Waals surface area (Å²) in [6.45, 7) is 5.21. The molecule has 0 aliphatic rings. The minimum Gasteiger partial charge on any atom is -0.478 e. The number of ether oxygens (including phenoxy) is 1. The van der Waals surface area contributed by atoms with Crippen LogP contribution in [0.4, 0.5) is 0 Å². The highest BCUT2D eigenvalue weighted by atomic mass is 16.6. The van der Waals surface area contributed by atoms with Gasteiger partial charge in [-0.1, -0.05) is 24.3 Å². The van der Waals surface area contributed by atoms with Crippen LogP contribution in [0.1, 0.15) is 47.1 Å². The Morgan fingerprint density at radius 3 is 2.41 bits per heavy atom. The Balaban J connectivity index is 2.74. The van der Waals surface area contributed by atoms with Gasteiger partial charge in [0.15, 0.2) is 0 Å². The molecule has 116 valence electrons. The van der Waals surface area contributed by atoms with E-state index in [0.29, 0.717) is 16.3 Å². The minimum atomic E-state index is -1.11. The van der Waals surface area contributed by atoms with Gasteiger partial charge in [-0.25, -0.2) is 9.59 Å². The zero-order chi connectivity index (χ0) is 16.5. The Labute approximate surface area is 128 Å². The number of hydrogen-bond donors (Lipinski definition) is 2. The van der Waals surface area contributed by atoms with Crippen molar-refractivity contribution in [3.05, 3.63) is 47.0 Å². The molecule has 0 heterocycles. The number of benzene rings is 2. The Kier molecular flexibility index (Phi) is 4.19. The van der Waals surface area contributed by atoms with Gasteiger partial charge in [0.1, 0.15) is 5.60 Å². The number of fused-ring (bicyclic) bond motifs is 1. The van der Waals surface area contributed by atoms with Crippen LogP contribution in [0.25, 0.3) is 10.8 Å². The van der Waals surface area contributed by atoms with E-state index in [1.807, 2.05) is 0 Å². The quantitative estimate of drug-likeness (QED) is 0.851. The molecule has 0 radical (unpaired) electrons. The number of carbonyl (C=O) groups is 2. The zero-order valence-electron chi connectivity index (χ0n) is 12.8. The number of esters is 1. The second kappa shape index (κ2) is 5.77. The molecule has 2 rings (SSSR count). The molecule has 0 saturated carbocycles. The van der Waals surface area contributed by atoms with E-state index in [4.69, 9.17) is 10.5 Å². The van der Waals surface area contributed by atoms with E-state index >= 15 is 0 Å². The van der Waals surface area contributed by atoms with Gasteiger partial charge in [-0.3, -0.25) is 0 Å². The van der Waals surface area contributed by atoms with E-state index in [9.17, 15) is 14.7 Å². The van der Waals surface area contributed by atoms with Gasteiger partial charge < -0.3 is 15.6 Å². The topological polar surface area (TPSA) is 89.6 Å². The molecule has 0 bridgehead atoms. The first kappa shape index (κ1) is 16.0. The zero-order valence-corrected chi connectivity index (χ0v) is 12.8. The first-order valence-electron chi connectivity index (χ1n) is 6.96. The summed E-state index contributed by atoms with van der Waals surface area (Å²) < 4.78 is 5.36. The molecular formula is C17H19NO4. The number of nitrogens with two attached hydrogens (primary N) is 1. The van der Waals surface area contributed by atoms with Crippen LogP contribution in [-0.2, 0) is 11.3 Å². The molecule has 3 N–H and O–H groups in total. The minimum absolute atomic E-state index is 0.0545. The maximum absolute atomic E-state index is 12.4. The molecule has 0 aliphatic heterocycles. The van der Waals surface area contributed by atoms with Crippen LogP contribution in [0.2, 0.25) is 0 Å². The second-order valence-electron chi connectivity index (χ2n) is 6.01. The molecule has 0 spiro atoms. The number of carboxylic acids is 1. The van der Waals surface area contributed by atoms with Crippen LogP contribution in [0.15, 0.2) is 30.3 Å². The van der Waals surface area contributed by atoms with Crippen LogP contribution in [-0.4, -0.2) is 22.6 Å². The highest BCUT2D eigenvalue weighted by molar-refractivity contribution is 6.09. The molecule has 0 aliphatic carbocycles. The summed E-state index contributed by atoms with van der Waals surface area (Å²) in [6, 6.07) is 8.64. The summed E-state index contributed by atoms with van der Waals surface area (Å²) in [5, 5.41) is 10.7. The van der Waals surface area contributed by atoms with Crippen molar-refractivity contribution in [2.75, 3.05) is 0 Å². The van der Waals surface area contributed by atoms with E-state index in [2.05, 4.69) is 0 Å². The van der Waals surface area contributed by atoms with E-state index < -0.39 is 17.5 Å². The summed E-state index contributed by atoms with van der Waals surface area (Å²) in [5.41, 5.74) is 5.59. The lowest BCUT2D eigenvalue weighted by atomic mass is 9.93.